The first kappa shape index (κ1) is 9.00. The summed E-state index contributed by atoms with van der Waals surface area (Å²) in [6, 6.07) is 8.46. The number of hydrogen-bond acceptors (Lipinski definition) is 1. The molecular formula is C12H14N2. The molecule has 0 aliphatic heterocycles. The van der Waals surface area contributed by atoms with Crippen molar-refractivity contribution >= 4 is 0 Å². The highest BCUT2D eigenvalue weighted by Gasteiger charge is 2.04. The molecule has 0 saturated heterocycles. The number of aromatic nitrogens is 2. The topological polar surface area (TPSA) is 17.8 Å². The standard InChI is InChI=1S/C12H14N2/c1-9-4-6-11(7-5-9)12-10(2)8-14(3)13-12/h4-8H,1-3H3. The van der Waals surface area contributed by atoms with Crippen LogP contribution in [0.3, 0.4) is 0 Å². The van der Waals surface area contributed by atoms with Crippen molar-refractivity contribution in [1.82, 2.24) is 9.78 Å². The normalized spacial score (nSPS) is 10.5. The van der Waals surface area contributed by atoms with Crippen LogP contribution >= 0.6 is 0 Å². The smallest absolute Gasteiger partial charge is 0.0952 e. The lowest BCUT2D eigenvalue weighted by molar-refractivity contribution is 0.770. The Bertz CT molecular complexity index is 438. The van der Waals surface area contributed by atoms with E-state index in [9.17, 15) is 0 Å². The van der Waals surface area contributed by atoms with Crippen LogP contribution in [-0.4, -0.2) is 9.78 Å². The van der Waals surface area contributed by atoms with E-state index in [-0.39, 0.29) is 0 Å². The van der Waals surface area contributed by atoms with Crippen molar-refractivity contribution in [2.75, 3.05) is 0 Å². The fourth-order valence-electron chi connectivity index (χ4n) is 1.60. The number of benzene rings is 1. The minimum Gasteiger partial charge on any atom is -0.275 e. The van der Waals surface area contributed by atoms with Gasteiger partial charge in [-0.15, -0.1) is 0 Å². The van der Waals surface area contributed by atoms with Crippen molar-refractivity contribution in [2.45, 2.75) is 13.8 Å². The second-order valence-corrected chi connectivity index (χ2v) is 3.70. The van der Waals surface area contributed by atoms with Gasteiger partial charge in [0.2, 0.25) is 0 Å². The minimum atomic E-state index is 1.08. The third kappa shape index (κ3) is 1.55. The molecule has 0 aliphatic rings. The molecule has 1 aromatic carbocycles. The molecule has 2 rings (SSSR count). The molecule has 1 heterocycles. The molecule has 14 heavy (non-hydrogen) atoms. The average molecular weight is 186 g/mol. The number of rotatable bonds is 1. The molecule has 0 atom stereocenters. The molecule has 1 aromatic heterocycles. The Morgan fingerprint density at radius 1 is 1.07 bits per heavy atom. The quantitative estimate of drug-likeness (QED) is 0.669. The maximum absolute atomic E-state index is 4.43. The lowest BCUT2D eigenvalue weighted by Gasteiger charge is -1.98. The molecule has 0 N–H and O–H groups in total. The summed E-state index contributed by atoms with van der Waals surface area (Å²) < 4.78 is 1.85. The minimum absolute atomic E-state index is 1.08. The summed E-state index contributed by atoms with van der Waals surface area (Å²) in [5, 5.41) is 4.43. The largest absolute Gasteiger partial charge is 0.275 e. The number of aryl methyl sites for hydroxylation is 3. The van der Waals surface area contributed by atoms with Crippen molar-refractivity contribution in [1.29, 1.82) is 0 Å². The predicted molar refractivity (Wildman–Crippen MR) is 58.1 cm³/mol. The first-order valence-electron chi connectivity index (χ1n) is 4.74. The monoisotopic (exact) mass is 186 g/mol. The van der Waals surface area contributed by atoms with Gasteiger partial charge < -0.3 is 0 Å². The van der Waals surface area contributed by atoms with Crippen molar-refractivity contribution in [3.63, 3.8) is 0 Å². The van der Waals surface area contributed by atoms with Crippen LogP contribution in [0.15, 0.2) is 30.5 Å². The van der Waals surface area contributed by atoms with Gasteiger partial charge in [0.15, 0.2) is 0 Å². The van der Waals surface area contributed by atoms with E-state index in [1.54, 1.807) is 0 Å². The third-order valence-corrected chi connectivity index (χ3v) is 2.34. The maximum Gasteiger partial charge on any atom is 0.0952 e. The van der Waals surface area contributed by atoms with Crippen LogP contribution in [0.4, 0.5) is 0 Å². The van der Waals surface area contributed by atoms with Crippen LogP contribution in [-0.2, 0) is 7.05 Å². The Morgan fingerprint density at radius 3 is 2.21 bits per heavy atom. The Hall–Kier alpha value is -1.57. The van der Waals surface area contributed by atoms with E-state index < -0.39 is 0 Å². The van der Waals surface area contributed by atoms with Crippen LogP contribution in [0.5, 0.6) is 0 Å². The highest BCUT2D eigenvalue weighted by Crippen LogP contribution is 2.21. The summed E-state index contributed by atoms with van der Waals surface area (Å²) in [5.74, 6) is 0. The van der Waals surface area contributed by atoms with E-state index in [2.05, 4.69) is 43.2 Å². The van der Waals surface area contributed by atoms with E-state index in [1.807, 2.05) is 17.9 Å². The average Bonchev–Trinajstić information content (AvgIpc) is 2.47. The van der Waals surface area contributed by atoms with E-state index in [4.69, 9.17) is 0 Å². The SMILES string of the molecule is Cc1ccc(-c2nn(C)cc2C)cc1. The van der Waals surface area contributed by atoms with Crippen LogP contribution in [0.25, 0.3) is 11.3 Å². The Kier molecular flexibility index (Phi) is 2.12. The Morgan fingerprint density at radius 2 is 1.71 bits per heavy atom. The zero-order chi connectivity index (χ0) is 10.1. The van der Waals surface area contributed by atoms with Crippen LogP contribution in [0.2, 0.25) is 0 Å². The van der Waals surface area contributed by atoms with Gasteiger partial charge in [0, 0.05) is 18.8 Å². The molecule has 72 valence electrons. The van der Waals surface area contributed by atoms with Gasteiger partial charge in [0.1, 0.15) is 0 Å². The summed E-state index contributed by atoms with van der Waals surface area (Å²) in [4.78, 5) is 0. The van der Waals surface area contributed by atoms with E-state index in [0.717, 1.165) is 5.69 Å². The Labute approximate surface area is 84.2 Å². The van der Waals surface area contributed by atoms with E-state index in [1.165, 1.54) is 16.7 Å². The van der Waals surface area contributed by atoms with Gasteiger partial charge in [-0.1, -0.05) is 29.8 Å². The van der Waals surface area contributed by atoms with Gasteiger partial charge in [-0.2, -0.15) is 5.10 Å². The van der Waals surface area contributed by atoms with Gasteiger partial charge in [0.25, 0.3) is 0 Å². The number of nitrogens with zero attached hydrogens (tertiary/aromatic N) is 2. The van der Waals surface area contributed by atoms with Crippen molar-refractivity contribution in [3.8, 4) is 11.3 Å². The van der Waals surface area contributed by atoms with Crippen LogP contribution in [0.1, 0.15) is 11.1 Å². The zero-order valence-electron chi connectivity index (χ0n) is 8.78. The molecule has 0 saturated carbocycles. The van der Waals surface area contributed by atoms with E-state index >= 15 is 0 Å². The molecule has 0 amide bonds. The third-order valence-electron chi connectivity index (χ3n) is 2.34. The molecular weight excluding hydrogens is 172 g/mol. The molecule has 2 heteroatoms. The second kappa shape index (κ2) is 3.29. The molecule has 0 aliphatic carbocycles. The first-order chi connectivity index (χ1) is 6.66. The van der Waals surface area contributed by atoms with Crippen LogP contribution < -0.4 is 0 Å². The highest BCUT2D eigenvalue weighted by molar-refractivity contribution is 5.62. The van der Waals surface area contributed by atoms with Crippen molar-refractivity contribution in [3.05, 3.63) is 41.6 Å². The fraction of sp³-hybridized carbons (Fsp3) is 0.250. The first-order valence-corrected chi connectivity index (χ1v) is 4.74. The molecule has 2 nitrogen and oxygen atoms in total. The fourth-order valence-corrected chi connectivity index (χ4v) is 1.60. The summed E-state index contributed by atoms with van der Waals surface area (Å²) in [5.41, 5.74) is 4.76. The zero-order valence-corrected chi connectivity index (χ0v) is 8.78. The number of hydrogen-bond donors (Lipinski definition) is 0. The lowest BCUT2D eigenvalue weighted by Crippen LogP contribution is -1.87. The molecule has 2 aromatic rings. The summed E-state index contributed by atoms with van der Waals surface area (Å²) in [6.45, 7) is 4.18. The van der Waals surface area contributed by atoms with Gasteiger partial charge >= 0.3 is 0 Å². The van der Waals surface area contributed by atoms with Crippen molar-refractivity contribution < 1.29 is 0 Å². The summed E-state index contributed by atoms with van der Waals surface area (Å²) in [7, 11) is 1.95. The summed E-state index contributed by atoms with van der Waals surface area (Å²) >= 11 is 0. The van der Waals surface area contributed by atoms with Gasteiger partial charge in [0.05, 0.1) is 5.69 Å². The van der Waals surface area contributed by atoms with E-state index in [0.29, 0.717) is 0 Å². The van der Waals surface area contributed by atoms with Gasteiger partial charge in [-0.05, 0) is 19.4 Å². The van der Waals surface area contributed by atoms with Gasteiger partial charge in [-0.25, -0.2) is 0 Å². The highest BCUT2D eigenvalue weighted by atomic mass is 15.2. The molecule has 0 fully saturated rings. The summed E-state index contributed by atoms with van der Waals surface area (Å²) in [6.07, 6.45) is 2.04. The second-order valence-electron chi connectivity index (χ2n) is 3.70. The van der Waals surface area contributed by atoms with Gasteiger partial charge in [-0.3, -0.25) is 4.68 Å². The Balaban J connectivity index is 2.49. The molecule has 0 unspecified atom stereocenters. The lowest BCUT2D eigenvalue weighted by atomic mass is 10.1. The maximum atomic E-state index is 4.43. The molecule has 0 spiro atoms. The molecule has 0 bridgehead atoms. The van der Waals surface area contributed by atoms with Crippen LogP contribution in [0, 0.1) is 13.8 Å². The van der Waals surface area contributed by atoms with Crippen molar-refractivity contribution in [2.24, 2.45) is 7.05 Å². The predicted octanol–water partition coefficient (Wildman–Crippen LogP) is 2.70. The molecule has 0 radical (unpaired) electrons.